The molecule has 0 fully saturated rings. The predicted octanol–water partition coefficient (Wildman–Crippen LogP) is 1.88. The van der Waals surface area contributed by atoms with Gasteiger partial charge in [-0.05, 0) is 20.8 Å². The summed E-state index contributed by atoms with van der Waals surface area (Å²) in [5, 5.41) is 2.78. The summed E-state index contributed by atoms with van der Waals surface area (Å²) in [5.74, 6) is 0.697. The number of nitrogens with one attached hydrogen (secondary N) is 1. The van der Waals surface area contributed by atoms with Crippen molar-refractivity contribution in [2.45, 2.75) is 33.9 Å². The Morgan fingerprint density at radius 1 is 1.53 bits per heavy atom. The van der Waals surface area contributed by atoms with Gasteiger partial charge in [-0.3, -0.25) is 4.79 Å². The predicted molar refractivity (Wildman–Crippen MR) is 68.6 cm³/mol. The SMILES string of the molecule is C=CCn1c(CNC(=O)C(=C)C)nc(C)c1C. The Balaban J connectivity index is 2.83. The summed E-state index contributed by atoms with van der Waals surface area (Å²) in [4.78, 5) is 15.8. The van der Waals surface area contributed by atoms with Crippen molar-refractivity contribution in [2.24, 2.45) is 0 Å². The first-order valence-corrected chi connectivity index (χ1v) is 5.54. The number of nitrogens with zero attached hydrogens (tertiary/aromatic N) is 2. The molecule has 0 radical (unpaired) electrons. The lowest BCUT2D eigenvalue weighted by molar-refractivity contribution is -0.117. The second-order valence-electron chi connectivity index (χ2n) is 4.06. The van der Waals surface area contributed by atoms with Gasteiger partial charge in [-0.25, -0.2) is 4.98 Å². The summed E-state index contributed by atoms with van der Waals surface area (Å²) in [7, 11) is 0. The Labute approximate surface area is 102 Å². The quantitative estimate of drug-likeness (QED) is 0.623. The molecule has 1 aromatic rings. The van der Waals surface area contributed by atoms with Gasteiger partial charge in [-0.1, -0.05) is 12.7 Å². The molecule has 4 nitrogen and oxygen atoms in total. The van der Waals surface area contributed by atoms with Crippen LogP contribution in [-0.4, -0.2) is 15.5 Å². The molecular weight excluding hydrogens is 214 g/mol. The number of allylic oxidation sites excluding steroid dienone is 1. The number of amides is 1. The lowest BCUT2D eigenvalue weighted by Crippen LogP contribution is -2.25. The van der Waals surface area contributed by atoms with Crippen molar-refractivity contribution >= 4 is 5.91 Å². The van der Waals surface area contributed by atoms with Crippen LogP contribution in [0.1, 0.15) is 24.1 Å². The van der Waals surface area contributed by atoms with Crippen molar-refractivity contribution in [2.75, 3.05) is 0 Å². The third kappa shape index (κ3) is 3.06. The van der Waals surface area contributed by atoms with Crippen molar-refractivity contribution in [3.8, 4) is 0 Å². The second kappa shape index (κ2) is 5.48. The molecular formula is C13H19N3O. The largest absolute Gasteiger partial charge is 0.345 e. The van der Waals surface area contributed by atoms with Gasteiger partial charge >= 0.3 is 0 Å². The van der Waals surface area contributed by atoms with Gasteiger partial charge in [0.15, 0.2) is 0 Å². The van der Waals surface area contributed by atoms with Gasteiger partial charge in [0.05, 0.1) is 12.2 Å². The molecule has 0 unspecified atom stereocenters. The molecule has 0 bridgehead atoms. The van der Waals surface area contributed by atoms with E-state index in [1.807, 2.05) is 24.5 Å². The standard InChI is InChI=1S/C13H19N3O/c1-6-7-16-11(5)10(4)15-12(16)8-14-13(17)9(2)3/h6H,1-2,7-8H2,3-5H3,(H,14,17). The fourth-order valence-electron chi connectivity index (χ4n) is 1.54. The van der Waals surface area contributed by atoms with Crippen LogP contribution in [0.4, 0.5) is 0 Å². The first kappa shape index (κ1) is 13.2. The molecule has 0 aliphatic heterocycles. The monoisotopic (exact) mass is 233 g/mol. The summed E-state index contributed by atoms with van der Waals surface area (Å²) in [6.45, 7) is 14.1. The zero-order valence-corrected chi connectivity index (χ0v) is 10.7. The number of rotatable bonds is 5. The Bertz CT molecular complexity index is 457. The Morgan fingerprint density at radius 2 is 2.18 bits per heavy atom. The molecule has 0 aliphatic carbocycles. The number of hydrogen-bond donors (Lipinski definition) is 1. The van der Waals surface area contributed by atoms with E-state index < -0.39 is 0 Å². The van der Waals surface area contributed by atoms with Crippen LogP contribution < -0.4 is 5.32 Å². The Kier molecular flexibility index (Phi) is 4.26. The van der Waals surface area contributed by atoms with E-state index in [-0.39, 0.29) is 5.91 Å². The van der Waals surface area contributed by atoms with E-state index in [2.05, 4.69) is 23.5 Å². The number of aryl methyl sites for hydroxylation is 1. The molecule has 0 atom stereocenters. The number of aromatic nitrogens is 2. The summed E-state index contributed by atoms with van der Waals surface area (Å²) in [6.07, 6.45) is 1.82. The van der Waals surface area contributed by atoms with Crippen LogP contribution in [-0.2, 0) is 17.9 Å². The second-order valence-corrected chi connectivity index (χ2v) is 4.06. The van der Waals surface area contributed by atoms with E-state index in [1.54, 1.807) is 6.92 Å². The minimum Gasteiger partial charge on any atom is -0.345 e. The third-order valence-electron chi connectivity index (χ3n) is 2.64. The van der Waals surface area contributed by atoms with Gasteiger partial charge in [0.25, 0.3) is 0 Å². The molecule has 1 heterocycles. The van der Waals surface area contributed by atoms with Crippen molar-refractivity contribution in [3.05, 3.63) is 42.0 Å². The van der Waals surface area contributed by atoms with E-state index in [9.17, 15) is 4.79 Å². The van der Waals surface area contributed by atoms with Crippen LogP contribution in [0.5, 0.6) is 0 Å². The van der Waals surface area contributed by atoms with Gasteiger partial charge < -0.3 is 9.88 Å². The van der Waals surface area contributed by atoms with Crippen molar-refractivity contribution in [3.63, 3.8) is 0 Å². The van der Waals surface area contributed by atoms with Crippen LogP contribution in [0.2, 0.25) is 0 Å². The summed E-state index contributed by atoms with van der Waals surface area (Å²) in [6, 6.07) is 0. The zero-order valence-electron chi connectivity index (χ0n) is 10.7. The molecule has 0 spiro atoms. The van der Waals surface area contributed by atoms with Gasteiger partial charge in [0.1, 0.15) is 5.82 Å². The molecule has 0 saturated heterocycles. The molecule has 4 heteroatoms. The fraction of sp³-hybridized carbons (Fsp3) is 0.385. The number of hydrogen-bond acceptors (Lipinski definition) is 2. The van der Waals surface area contributed by atoms with E-state index in [4.69, 9.17) is 0 Å². The Morgan fingerprint density at radius 3 is 2.71 bits per heavy atom. The molecule has 1 N–H and O–H groups in total. The van der Waals surface area contributed by atoms with Crippen LogP contribution in [0.25, 0.3) is 0 Å². The summed E-state index contributed by atoms with van der Waals surface area (Å²) in [5.41, 5.74) is 2.58. The molecule has 92 valence electrons. The van der Waals surface area contributed by atoms with Crippen molar-refractivity contribution < 1.29 is 4.79 Å². The summed E-state index contributed by atoms with van der Waals surface area (Å²) >= 11 is 0. The maximum Gasteiger partial charge on any atom is 0.246 e. The molecule has 0 saturated carbocycles. The molecule has 0 aliphatic rings. The number of carbonyl (C=O) groups excluding carboxylic acids is 1. The minimum atomic E-state index is -0.145. The summed E-state index contributed by atoms with van der Waals surface area (Å²) < 4.78 is 2.04. The highest BCUT2D eigenvalue weighted by molar-refractivity contribution is 5.91. The van der Waals surface area contributed by atoms with Crippen molar-refractivity contribution in [1.29, 1.82) is 0 Å². The fourth-order valence-corrected chi connectivity index (χ4v) is 1.54. The van der Waals surface area contributed by atoms with E-state index in [1.165, 1.54) is 0 Å². The highest BCUT2D eigenvalue weighted by Gasteiger charge is 2.10. The molecule has 1 amide bonds. The lowest BCUT2D eigenvalue weighted by atomic mass is 10.3. The maximum atomic E-state index is 11.4. The molecule has 1 rings (SSSR count). The maximum absolute atomic E-state index is 11.4. The zero-order chi connectivity index (χ0) is 13.0. The van der Waals surface area contributed by atoms with E-state index in [0.717, 1.165) is 17.2 Å². The molecule has 0 aromatic carbocycles. The van der Waals surface area contributed by atoms with Gasteiger partial charge in [-0.2, -0.15) is 0 Å². The average molecular weight is 233 g/mol. The highest BCUT2D eigenvalue weighted by Crippen LogP contribution is 2.10. The normalized spacial score (nSPS) is 10.1. The van der Waals surface area contributed by atoms with Crippen LogP contribution in [0.3, 0.4) is 0 Å². The van der Waals surface area contributed by atoms with Crippen LogP contribution in [0.15, 0.2) is 24.8 Å². The van der Waals surface area contributed by atoms with E-state index in [0.29, 0.717) is 18.7 Å². The number of carbonyl (C=O) groups is 1. The highest BCUT2D eigenvalue weighted by atomic mass is 16.1. The van der Waals surface area contributed by atoms with Gasteiger partial charge in [0, 0.05) is 17.8 Å². The number of imidazole rings is 1. The van der Waals surface area contributed by atoms with Crippen LogP contribution in [0, 0.1) is 13.8 Å². The third-order valence-corrected chi connectivity index (χ3v) is 2.64. The smallest absolute Gasteiger partial charge is 0.246 e. The van der Waals surface area contributed by atoms with Crippen LogP contribution >= 0.6 is 0 Å². The van der Waals surface area contributed by atoms with Gasteiger partial charge in [0.2, 0.25) is 5.91 Å². The Hall–Kier alpha value is -1.84. The lowest BCUT2D eigenvalue weighted by Gasteiger charge is -2.08. The molecule has 17 heavy (non-hydrogen) atoms. The van der Waals surface area contributed by atoms with E-state index >= 15 is 0 Å². The first-order chi connectivity index (χ1) is 7.97. The first-order valence-electron chi connectivity index (χ1n) is 5.54. The molecule has 1 aromatic heterocycles. The minimum absolute atomic E-state index is 0.145. The van der Waals surface area contributed by atoms with Crippen molar-refractivity contribution in [1.82, 2.24) is 14.9 Å². The average Bonchev–Trinajstić information content (AvgIpc) is 2.54. The van der Waals surface area contributed by atoms with Gasteiger partial charge in [-0.15, -0.1) is 6.58 Å². The topological polar surface area (TPSA) is 46.9 Å².